The zero-order valence-electron chi connectivity index (χ0n) is 11.2. The fraction of sp³-hybridized carbons (Fsp3) is 0.0588. The molecule has 0 heterocycles. The van der Waals surface area contributed by atoms with Crippen LogP contribution in [0.25, 0.3) is 11.6 Å². The average Bonchev–Trinajstić information content (AvgIpc) is 2.52. The van der Waals surface area contributed by atoms with Crippen LogP contribution in [-0.4, -0.2) is 17.7 Å². The van der Waals surface area contributed by atoms with Gasteiger partial charge in [0.2, 0.25) is 0 Å². The van der Waals surface area contributed by atoms with Crippen LogP contribution in [0.4, 0.5) is 0 Å². The normalized spacial score (nSPS) is 10.7. The second-order valence-corrected chi connectivity index (χ2v) is 4.21. The molecule has 0 unspecified atom stereocenters. The SMILES string of the molecule is N#CCOc1ccccc1/C=C(\C(=O)O)c1ccccc1. The van der Waals surface area contributed by atoms with Crippen LogP contribution >= 0.6 is 0 Å². The zero-order valence-corrected chi connectivity index (χ0v) is 11.2. The molecular formula is C17H13NO3. The summed E-state index contributed by atoms with van der Waals surface area (Å²) in [7, 11) is 0. The van der Waals surface area contributed by atoms with Gasteiger partial charge in [-0.1, -0.05) is 48.5 Å². The average molecular weight is 279 g/mol. The first-order chi connectivity index (χ1) is 10.2. The summed E-state index contributed by atoms with van der Waals surface area (Å²) in [4.78, 5) is 11.5. The van der Waals surface area contributed by atoms with Crippen molar-refractivity contribution in [3.05, 3.63) is 65.7 Å². The number of aliphatic carboxylic acids is 1. The second kappa shape index (κ2) is 6.92. The Kier molecular flexibility index (Phi) is 4.73. The molecule has 2 aromatic rings. The molecule has 0 spiro atoms. The molecular weight excluding hydrogens is 266 g/mol. The summed E-state index contributed by atoms with van der Waals surface area (Å²) in [5.41, 5.74) is 1.40. The van der Waals surface area contributed by atoms with Gasteiger partial charge in [0.1, 0.15) is 11.8 Å². The summed E-state index contributed by atoms with van der Waals surface area (Å²) < 4.78 is 5.30. The first kappa shape index (κ1) is 14.4. The molecule has 0 aromatic heterocycles. The molecule has 0 atom stereocenters. The van der Waals surface area contributed by atoms with Gasteiger partial charge in [-0.25, -0.2) is 4.79 Å². The van der Waals surface area contributed by atoms with Crippen molar-refractivity contribution in [1.29, 1.82) is 5.26 Å². The van der Waals surface area contributed by atoms with Gasteiger partial charge in [-0.3, -0.25) is 0 Å². The van der Waals surface area contributed by atoms with Crippen molar-refractivity contribution in [2.45, 2.75) is 0 Å². The highest BCUT2D eigenvalue weighted by molar-refractivity contribution is 6.20. The smallest absolute Gasteiger partial charge is 0.336 e. The van der Waals surface area contributed by atoms with E-state index in [1.165, 1.54) is 0 Å². The van der Waals surface area contributed by atoms with E-state index in [0.717, 1.165) is 0 Å². The number of hydrogen-bond acceptors (Lipinski definition) is 3. The van der Waals surface area contributed by atoms with Crippen LogP contribution in [0, 0.1) is 11.3 Å². The van der Waals surface area contributed by atoms with E-state index in [1.807, 2.05) is 12.1 Å². The Hall–Kier alpha value is -3.06. The van der Waals surface area contributed by atoms with Gasteiger partial charge in [0, 0.05) is 5.56 Å². The minimum Gasteiger partial charge on any atom is -0.478 e. The molecule has 0 saturated carbocycles. The number of benzene rings is 2. The number of hydrogen-bond donors (Lipinski definition) is 1. The van der Waals surface area contributed by atoms with E-state index in [2.05, 4.69) is 0 Å². The Morgan fingerprint density at radius 3 is 2.48 bits per heavy atom. The number of carboxylic acid groups (broad SMARTS) is 1. The van der Waals surface area contributed by atoms with Crippen LogP contribution in [0.5, 0.6) is 5.75 Å². The lowest BCUT2D eigenvalue weighted by molar-refractivity contribution is -0.130. The van der Waals surface area contributed by atoms with Gasteiger partial charge in [-0.2, -0.15) is 5.26 Å². The van der Waals surface area contributed by atoms with E-state index >= 15 is 0 Å². The molecule has 1 N–H and O–H groups in total. The third-order valence-corrected chi connectivity index (χ3v) is 2.83. The molecule has 21 heavy (non-hydrogen) atoms. The van der Waals surface area contributed by atoms with E-state index in [4.69, 9.17) is 10.00 Å². The maximum Gasteiger partial charge on any atom is 0.336 e. The molecule has 2 rings (SSSR count). The highest BCUT2D eigenvalue weighted by atomic mass is 16.5. The van der Waals surface area contributed by atoms with Gasteiger partial charge >= 0.3 is 5.97 Å². The number of rotatable bonds is 5. The van der Waals surface area contributed by atoms with Crippen LogP contribution in [0.1, 0.15) is 11.1 Å². The second-order valence-electron chi connectivity index (χ2n) is 4.21. The summed E-state index contributed by atoms with van der Waals surface area (Å²) >= 11 is 0. The molecule has 2 aromatic carbocycles. The number of nitrogens with zero attached hydrogens (tertiary/aromatic N) is 1. The van der Waals surface area contributed by atoms with E-state index in [-0.39, 0.29) is 12.2 Å². The summed E-state index contributed by atoms with van der Waals surface area (Å²) in [6.45, 7) is -0.0847. The number of carboxylic acids is 1. The highest BCUT2D eigenvalue weighted by Gasteiger charge is 2.11. The number of carbonyl (C=O) groups is 1. The summed E-state index contributed by atoms with van der Waals surface area (Å²) in [5.74, 6) is -0.537. The van der Waals surface area contributed by atoms with Gasteiger partial charge in [0.05, 0.1) is 5.57 Å². The summed E-state index contributed by atoms with van der Waals surface area (Å²) in [5, 5.41) is 18.0. The van der Waals surface area contributed by atoms with Crippen molar-refractivity contribution in [2.75, 3.05) is 6.61 Å². The predicted molar refractivity (Wildman–Crippen MR) is 79.5 cm³/mol. The Labute approximate surface area is 122 Å². The molecule has 4 nitrogen and oxygen atoms in total. The molecule has 0 bridgehead atoms. The molecule has 0 amide bonds. The van der Waals surface area contributed by atoms with E-state index in [9.17, 15) is 9.90 Å². The number of nitriles is 1. The van der Waals surface area contributed by atoms with Gasteiger partial charge in [-0.05, 0) is 17.7 Å². The van der Waals surface area contributed by atoms with Gasteiger partial charge < -0.3 is 9.84 Å². The largest absolute Gasteiger partial charge is 0.478 e. The van der Waals surface area contributed by atoms with Crippen LogP contribution < -0.4 is 4.74 Å². The summed E-state index contributed by atoms with van der Waals surface area (Å²) in [6.07, 6.45) is 1.55. The third-order valence-electron chi connectivity index (χ3n) is 2.83. The molecule has 0 aliphatic rings. The maximum atomic E-state index is 11.5. The predicted octanol–water partition coefficient (Wildman–Crippen LogP) is 3.21. The first-order valence-electron chi connectivity index (χ1n) is 6.31. The van der Waals surface area contributed by atoms with Crippen molar-refractivity contribution in [2.24, 2.45) is 0 Å². The molecule has 4 heteroatoms. The number of ether oxygens (including phenoxy) is 1. The Morgan fingerprint density at radius 2 is 1.81 bits per heavy atom. The highest BCUT2D eigenvalue weighted by Crippen LogP contribution is 2.25. The van der Waals surface area contributed by atoms with E-state index in [0.29, 0.717) is 16.9 Å². The molecule has 0 radical (unpaired) electrons. The first-order valence-corrected chi connectivity index (χ1v) is 6.31. The van der Waals surface area contributed by atoms with Crippen molar-refractivity contribution in [3.8, 4) is 11.8 Å². The lowest BCUT2D eigenvalue weighted by atomic mass is 10.0. The topological polar surface area (TPSA) is 70.3 Å². The minimum atomic E-state index is -1.02. The monoisotopic (exact) mass is 279 g/mol. The maximum absolute atomic E-state index is 11.5. The Balaban J connectivity index is 2.45. The number of para-hydroxylation sites is 1. The van der Waals surface area contributed by atoms with Gasteiger partial charge in [-0.15, -0.1) is 0 Å². The van der Waals surface area contributed by atoms with Crippen molar-refractivity contribution in [3.63, 3.8) is 0 Å². The zero-order chi connectivity index (χ0) is 15.1. The molecule has 0 aliphatic carbocycles. The van der Waals surface area contributed by atoms with Gasteiger partial charge in [0.15, 0.2) is 6.61 Å². The Morgan fingerprint density at radius 1 is 1.14 bits per heavy atom. The van der Waals surface area contributed by atoms with Crippen LogP contribution in [0.3, 0.4) is 0 Å². The van der Waals surface area contributed by atoms with Crippen molar-refractivity contribution < 1.29 is 14.6 Å². The fourth-order valence-corrected chi connectivity index (χ4v) is 1.88. The van der Waals surface area contributed by atoms with Crippen LogP contribution in [0.2, 0.25) is 0 Å². The fourth-order valence-electron chi connectivity index (χ4n) is 1.88. The lowest BCUT2D eigenvalue weighted by Gasteiger charge is -2.07. The van der Waals surface area contributed by atoms with Crippen molar-refractivity contribution in [1.82, 2.24) is 0 Å². The van der Waals surface area contributed by atoms with Crippen molar-refractivity contribution >= 4 is 17.6 Å². The van der Waals surface area contributed by atoms with Crippen LogP contribution in [0.15, 0.2) is 54.6 Å². The van der Waals surface area contributed by atoms with E-state index < -0.39 is 5.97 Å². The summed E-state index contributed by atoms with van der Waals surface area (Å²) in [6, 6.07) is 17.8. The quantitative estimate of drug-likeness (QED) is 0.674. The molecule has 104 valence electrons. The van der Waals surface area contributed by atoms with Gasteiger partial charge in [0.25, 0.3) is 0 Å². The standard InChI is InChI=1S/C17H13NO3/c18-10-11-21-16-9-5-4-8-14(16)12-15(17(19)20)13-6-2-1-3-7-13/h1-9,12H,11H2,(H,19,20)/b15-12-. The lowest BCUT2D eigenvalue weighted by Crippen LogP contribution is -2.00. The minimum absolute atomic E-state index is 0.0847. The molecule has 0 fully saturated rings. The van der Waals surface area contributed by atoms with E-state index in [1.54, 1.807) is 54.6 Å². The molecule has 0 saturated heterocycles. The molecule has 0 aliphatic heterocycles. The Bertz CT molecular complexity index is 699. The third kappa shape index (κ3) is 3.71. The van der Waals surface area contributed by atoms with Crippen LogP contribution in [-0.2, 0) is 4.79 Å².